The van der Waals surface area contributed by atoms with Gasteiger partial charge in [0.05, 0.1) is 11.3 Å². The van der Waals surface area contributed by atoms with Gasteiger partial charge in [-0.2, -0.15) is 0 Å². The monoisotopic (exact) mass is 237 g/mol. The zero-order chi connectivity index (χ0) is 12.3. The quantitative estimate of drug-likeness (QED) is 0.728. The first-order chi connectivity index (χ1) is 8.09. The Hall–Kier alpha value is -1.33. The average Bonchev–Trinajstić information content (AvgIpc) is 2.31. The summed E-state index contributed by atoms with van der Waals surface area (Å²) in [5, 5.41) is 13.4. The lowest BCUT2D eigenvalue weighted by Gasteiger charge is -2.32. The maximum Gasteiger partial charge on any atom is 0.149 e. The molecule has 5 heteroatoms. The number of hydrogen-bond donors (Lipinski definition) is 3. The van der Waals surface area contributed by atoms with Crippen molar-refractivity contribution in [1.82, 2.24) is 4.98 Å². The van der Waals surface area contributed by atoms with E-state index in [0.717, 1.165) is 5.69 Å². The van der Waals surface area contributed by atoms with E-state index < -0.39 is 5.60 Å². The molecule has 2 rings (SSSR count). The molecular formula is C12H19N3O2. The van der Waals surface area contributed by atoms with Crippen molar-refractivity contribution in [3.63, 3.8) is 0 Å². The number of aromatic nitrogens is 1. The zero-order valence-corrected chi connectivity index (χ0v) is 10.1. The molecular weight excluding hydrogens is 218 g/mol. The van der Waals surface area contributed by atoms with Crippen LogP contribution in [0.2, 0.25) is 0 Å². The summed E-state index contributed by atoms with van der Waals surface area (Å²) >= 11 is 0. The predicted molar refractivity (Wildman–Crippen MR) is 66.9 cm³/mol. The van der Waals surface area contributed by atoms with Crippen LogP contribution >= 0.6 is 0 Å². The molecule has 0 spiro atoms. The molecule has 1 fully saturated rings. The van der Waals surface area contributed by atoms with Crippen LogP contribution in [0.3, 0.4) is 0 Å². The highest BCUT2D eigenvalue weighted by Gasteiger charge is 2.29. The summed E-state index contributed by atoms with van der Waals surface area (Å²) < 4.78 is 5.23. The van der Waals surface area contributed by atoms with Gasteiger partial charge in [0.15, 0.2) is 0 Å². The van der Waals surface area contributed by atoms with Crippen LogP contribution in [0.4, 0.5) is 11.5 Å². The fourth-order valence-corrected chi connectivity index (χ4v) is 1.89. The largest absolute Gasteiger partial charge is 0.396 e. The van der Waals surface area contributed by atoms with Crippen molar-refractivity contribution < 1.29 is 9.84 Å². The number of anilines is 2. The van der Waals surface area contributed by atoms with Crippen LogP contribution in [0, 0.1) is 6.92 Å². The number of rotatable bonds is 3. The van der Waals surface area contributed by atoms with Gasteiger partial charge >= 0.3 is 0 Å². The molecule has 1 aliphatic rings. The Balaban J connectivity index is 1.99. The minimum absolute atomic E-state index is 0.455. The first-order valence-corrected chi connectivity index (χ1v) is 5.86. The maximum atomic E-state index is 10.3. The second-order valence-electron chi connectivity index (χ2n) is 4.58. The van der Waals surface area contributed by atoms with Gasteiger partial charge in [-0.3, -0.25) is 0 Å². The van der Waals surface area contributed by atoms with Crippen LogP contribution in [0.15, 0.2) is 12.1 Å². The number of pyridine rings is 1. The standard InChI is InChI=1S/C12H19N3O2/c1-9-2-3-10(13)11(15-9)14-8-12(16)4-6-17-7-5-12/h2-3,16H,4-8,13H2,1H3,(H,14,15). The summed E-state index contributed by atoms with van der Waals surface area (Å²) in [5.41, 5.74) is 6.61. The van der Waals surface area contributed by atoms with E-state index in [1.54, 1.807) is 0 Å². The lowest BCUT2D eigenvalue weighted by atomic mass is 9.94. The molecule has 0 radical (unpaired) electrons. The highest BCUT2D eigenvalue weighted by molar-refractivity contribution is 5.61. The minimum atomic E-state index is -0.712. The van der Waals surface area contributed by atoms with Crippen molar-refractivity contribution in [2.45, 2.75) is 25.4 Å². The number of nitrogens with zero attached hydrogens (tertiary/aromatic N) is 1. The van der Waals surface area contributed by atoms with Crippen LogP contribution < -0.4 is 11.1 Å². The third-order valence-electron chi connectivity index (χ3n) is 3.07. The molecule has 1 saturated heterocycles. The summed E-state index contributed by atoms with van der Waals surface area (Å²) in [6.07, 6.45) is 1.29. The van der Waals surface area contributed by atoms with Gasteiger partial charge in [-0.15, -0.1) is 0 Å². The summed E-state index contributed by atoms with van der Waals surface area (Å²) in [6.45, 7) is 3.58. The summed E-state index contributed by atoms with van der Waals surface area (Å²) in [4.78, 5) is 4.31. The Morgan fingerprint density at radius 3 is 2.88 bits per heavy atom. The van der Waals surface area contributed by atoms with Gasteiger partial charge in [0, 0.05) is 38.3 Å². The summed E-state index contributed by atoms with van der Waals surface area (Å²) in [5.74, 6) is 0.643. The molecule has 1 aromatic heterocycles. The number of nitrogens with one attached hydrogen (secondary N) is 1. The molecule has 0 aromatic carbocycles. The average molecular weight is 237 g/mol. The molecule has 1 aromatic rings. The van der Waals surface area contributed by atoms with Crippen LogP contribution in [0.5, 0.6) is 0 Å². The highest BCUT2D eigenvalue weighted by atomic mass is 16.5. The molecule has 2 heterocycles. The normalized spacial score (nSPS) is 18.9. The molecule has 1 aliphatic heterocycles. The van der Waals surface area contributed by atoms with E-state index in [9.17, 15) is 5.11 Å². The zero-order valence-electron chi connectivity index (χ0n) is 10.1. The molecule has 0 saturated carbocycles. The van der Waals surface area contributed by atoms with Gasteiger partial charge < -0.3 is 20.9 Å². The molecule has 0 bridgehead atoms. The van der Waals surface area contributed by atoms with Gasteiger partial charge in [-0.25, -0.2) is 4.98 Å². The first kappa shape index (κ1) is 12.1. The van der Waals surface area contributed by atoms with Crippen molar-refractivity contribution in [2.75, 3.05) is 30.8 Å². The van der Waals surface area contributed by atoms with E-state index >= 15 is 0 Å². The first-order valence-electron chi connectivity index (χ1n) is 5.86. The Morgan fingerprint density at radius 1 is 1.47 bits per heavy atom. The van der Waals surface area contributed by atoms with Crippen LogP contribution in [-0.4, -0.2) is 35.5 Å². The number of ether oxygens (including phenoxy) is 1. The van der Waals surface area contributed by atoms with E-state index in [4.69, 9.17) is 10.5 Å². The van der Waals surface area contributed by atoms with E-state index in [0.29, 0.717) is 44.1 Å². The Kier molecular flexibility index (Phi) is 3.49. The fourth-order valence-electron chi connectivity index (χ4n) is 1.89. The van der Waals surface area contributed by atoms with Crippen LogP contribution in [0.1, 0.15) is 18.5 Å². The molecule has 94 valence electrons. The smallest absolute Gasteiger partial charge is 0.149 e. The van der Waals surface area contributed by atoms with Crippen molar-refractivity contribution in [1.29, 1.82) is 0 Å². The van der Waals surface area contributed by atoms with Crippen molar-refractivity contribution in [2.24, 2.45) is 0 Å². The Bertz CT molecular complexity index is 389. The molecule has 0 atom stereocenters. The lowest BCUT2D eigenvalue weighted by Crippen LogP contribution is -2.42. The van der Waals surface area contributed by atoms with Crippen LogP contribution in [-0.2, 0) is 4.74 Å². The Labute approximate surface area is 101 Å². The summed E-state index contributed by atoms with van der Waals surface area (Å²) in [7, 11) is 0. The van der Waals surface area contributed by atoms with Gasteiger partial charge in [0.1, 0.15) is 5.82 Å². The van der Waals surface area contributed by atoms with E-state index in [1.165, 1.54) is 0 Å². The summed E-state index contributed by atoms with van der Waals surface area (Å²) in [6, 6.07) is 3.68. The van der Waals surface area contributed by atoms with E-state index in [2.05, 4.69) is 10.3 Å². The van der Waals surface area contributed by atoms with Crippen LogP contribution in [0.25, 0.3) is 0 Å². The number of aliphatic hydroxyl groups is 1. The van der Waals surface area contributed by atoms with Gasteiger partial charge in [0.2, 0.25) is 0 Å². The topological polar surface area (TPSA) is 80.4 Å². The second-order valence-corrected chi connectivity index (χ2v) is 4.58. The highest BCUT2D eigenvalue weighted by Crippen LogP contribution is 2.22. The SMILES string of the molecule is Cc1ccc(N)c(NCC2(O)CCOCC2)n1. The molecule has 5 nitrogen and oxygen atoms in total. The lowest BCUT2D eigenvalue weighted by molar-refractivity contribution is -0.0543. The second kappa shape index (κ2) is 4.89. The Morgan fingerprint density at radius 2 is 2.18 bits per heavy atom. The van der Waals surface area contributed by atoms with E-state index in [-0.39, 0.29) is 0 Å². The number of aryl methyl sites for hydroxylation is 1. The molecule has 0 unspecified atom stereocenters. The van der Waals surface area contributed by atoms with E-state index in [1.807, 2.05) is 19.1 Å². The number of hydrogen-bond acceptors (Lipinski definition) is 5. The molecule has 4 N–H and O–H groups in total. The number of nitrogens with two attached hydrogens (primary N) is 1. The fraction of sp³-hybridized carbons (Fsp3) is 0.583. The maximum absolute atomic E-state index is 10.3. The minimum Gasteiger partial charge on any atom is -0.396 e. The molecule has 0 aliphatic carbocycles. The van der Waals surface area contributed by atoms with Crippen molar-refractivity contribution in [3.05, 3.63) is 17.8 Å². The van der Waals surface area contributed by atoms with Gasteiger partial charge in [0.25, 0.3) is 0 Å². The third kappa shape index (κ3) is 3.08. The number of nitrogen functional groups attached to an aromatic ring is 1. The van der Waals surface area contributed by atoms with Gasteiger partial charge in [-0.05, 0) is 19.1 Å². The molecule has 17 heavy (non-hydrogen) atoms. The molecule has 0 amide bonds. The van der Waals surface area contributed by atoms with Crippen molar-refractivity contribution >= 4 is 11.5 Å². The third-order valence-corrected chi connectivity index (χ3v) is 3.07. The van der Waals surface area contributed by atoms with Crippen molar-refractivity contribution in [3.8, 4) is 0 Å². The predicted octanol–water partition coefficient (Wildman–Crippen LogP) is 0.926. The van der Waals surface area contributed by atoms with Gasteiger partial charge in [-0.1, -0.05) is 0 Å².